The molecule has 0 aliphatic rings. The van der Waals surface area contributed by atoms with Gasteiger partial charge in [0.15, 0.2) is 5.82 Å². The molecule has 11 rings (SSSR count). The predicted octanol–water partition coefficient (Wildman–Crippen LogP) is 6.36. The number of H-pyrrole nitrogens is 1. The molecule has 6 aromatic heterocycles. The van der Waals surface area contributed by atoms with Gasteiger partial charge in [0.05, 0.1) is 74.3 Å². The fourth-order valence-corrected chi connectivity index (χ4v) is 8.87. The minimum Gasteiger partial charge on any atom is -0.497 e. The Balaban J connectivity index is 0.000000180. The molecular formula is C62H80BrN33O5. The highest BCUT2D eigenvalue weighted by Gasteiger charge is 2.18. The molecule has 11 aromatic rings. The zero-order valence-corrected chi connectivity index (χ0v) is 59.4. The number of methoxy groups -OCH3 is 5. The Bertz CT molecular complexity index is 4270. The number of tetrazole rings is 6. The number of rotatable bonds is 29. The number of aromatic amines is 1. The van der Waals surface area contributed by atoms with Crippen LogP contribution in [0.25, 0.3) is 0 Å². The number of nitrogens with zero attached hydrogens (tertiary/aromatic N) is 29. The van der Waals surface area contributed by atoms with Gasteiger partial charge in [-0.15, -0.1) is 15.3 Å². The maximum Gasteiger partial charge on any atom is 0.266 e. The van der Waals surface area contributed by atoms with Crippen LogP contribution in [0.3, 0.4) is 0 Å². The van der Waals surface area contributed by atoms with Crippen molar-refractivity contribution in [3.8, 4) is 34.8 Å². The molecule has 0 aliphatic carbocycles. The molecule has 5 N–H and O–H groups in total. The summed E-state index contributed by atoms with van der Waals surface area (Å²) in [7, 11) is 8.20. The summed E-state index contributed by atoms with van der Waals surface area (Å²) in [6, 6.07) is 40.9. The normalized spacial score (nSPS) is 10.3. The first-order chi connectivity index (χ1) is 49.1. The Hall–Kier alpha value is -12.3. The third-order valence-electron chi connectivity index (χ3n) is 13.5. The third kappa shape index (κ3) is 25.6. The van der Waals surface area contributed by atoms with Crippen LogP contribution in [0.1, 0.15) is 94.4 Å². The van der Waals surface area contributed by atoms with Gasteiger partial charge in [0.1, 0.15) is 28.7 Å². The highest BCUT2D eigenvalue weighted by molar-refractivity contribution is 9.10. The molecule has 0 atom stereocenters. The summed E-state index contributed by atoms with van der Waals surface area (Å²) in [6.07, 6.45) is 2.63. The van der Waals surface area contributed by atoms with Gasteiger partial charge in [-0.1, -0.05) is 86.3 Å². The van der Waals surface area contributed by atoms with Crippen LogP contribution in [0.4, 0.5) is 23.8 Å². The average Bonchev–Trinajstić information content (AvgIpc) is 1.81. The second kappa shape index (κ2) is 41.0. The smallest absolute Gasteiger partial charge is 0.266 e. The molecule has 0 aliphatic heterocycles. The Morgan fingerprint density at radius 2 is 0.832 bits per heavy atom. The quantitative estimate of drug-likeness (QED) is 0.0171. The van der Waals surface area contributed by atoms with E-state index in [0.717, 1.165) is 80.1 Å². The number of aromatic nitrogens is 24. The molecule has 5 aromatic carbocycles. The molecule has 0 unspecified atom stereocenters. The van der Waals surface area contributed by atoms with Crippen molar-refractivity contribution in [1.29, 1.82) is 5.26 Å². The Kier molecular flexibility index (Phi) is 30.9. The lowest BCUT2D eigenvalue weighted by atomic mass is 10.2. The van der Waals surface area contributed by atoms with E-state index in [9.17, 15) is 0 Å². The number of nitrogen functional groups attached to an aromatic ring is 1. The van der Waals surface area contributed by atoms with Gasteiger partial charge in [-0.2, -0.15) is 25.8 Å². The number of anilines is 4. The van der Waals surface area contributed by atoms with Gasteiger partial charge in [0.2, 0.25) is 4.73 Å². The molecule has 101 heavy (non-hydrogen) atoms. The number of unbranched alkanes of at least 4 members (excludes halogenated alkanes) is 1. The first-order valence-electron chi connectivity index (χ1n) is 31.1. The standard InChI is InChI=1S/C16H22N10O.C16H21N7O.C12H16N6O.C9H9BrN4O.C9H12N6O/c1-12(2)20-25(10-4-5-15-17-21-22-18-15)16-19-23-24-26(16)11-13-6-8-14(27-3)9-7-13;1-13(2)19-22(11-5-4-10-17)16-18-20-21-23(16)12-14-6-8-15(24-3)9-7-14;1-9(2)13-14-12-15-16-17-18(12)8-10-4-6-11(19-3)7-5-10;1-15-8-4-2-7(3-5-8)6-14-9(10)11-12-13-14;1-16-8-4-2-7(3-5-8)6-15-9(11-10)12-13-14-15/h6-9H,4-5,10-11H2,1-3H3,(H,17,18,21,22);6-9H,4-5,11-12H2,1-3H3;4-7H,8H2,1-3H3,(H,14,15,17);2-5H,6H2,1H3;2-5H,6,10H2,1H3,(H,11,12,14). The van der Waals surface area contributed by atoms with Crippen LogP contribution in [0.2, 0.25) is 0 Å². The van der Waals surface area contributed by atoms with Gasteiger partial charge in [0, 0.05) is 43.1 Å². The van der Waals surface area contributed by atoms with Crippen molar-refractivity contribution >= 4 is 56.9 Å². The molecular weight excluding hydrogens is 1370 g/mol. The van der Waals surface area contributed by atoms with E-state index < -0.39 is 0 Å². The summed E-state index contributed by atoms with van der Waals surface area (Å²) in [6.45, 7) is 15.5. The maximum absolute atomic E-state index is 8.72. The van der Waals surface area contributed by atoms with Gasteiger partial charge in [-0.25, -0.2) is 44.7 Å². The van der Waals surface area contributed by atoms with E-state index in [1.807, 2.05) is 163 Å². The van der Waals surface area contributed by atoms with Crippen LogP contribution in [-0.4, -0.2) is 187 Å². The summed E-state index contributed by atoms with van der Waals surface area (Å²) in [5, 5.41) is 97.0. The zero-order valence-electron chi connectivity index (χ0n) is 57.8. The second-order valence-electron chi connectivity index (χ2n) is 21.8. The molecule has 0 amide bonds. The monoisotopic (exact) mass is 1450 g/mol. The molecule has 38 nitrogen and oxygen atoms in total. The molecule has 0 fully saturated rings. The average molecular weight is 1450 g/mol. The van der Waals surface area contributed by atoms with Crippen LogP contribution in [0.5, 0.6) is 28.7 Å². The number of nitrogens with one attached hydrogen (secondary N) is 3. The molecule has 0 saturated heterocycles. The lowest BCUT2D eigenvalue weighted by molar-refractivity contribution is 0.414. The van der Waals surface area contributed by atoms with Crippen molar-refractivity contribution in [1.82, 2.24) is 122 Å². The molecule has 0 bridgehead atoms. The third-order valence-corrected chi connectivity index (χ3v) is 14.0. The number of nitriles is 1. The minimum absolute atomic E-state index is 0.427. The van der Waals surface area contributed by atoms with E-state index in [2.05, 4.69) is 146 Å². The summed E-state index contributed by atoms with van der Waals surface area (Å²) in [5.41, 5.74) is 13.3. The van der Waals surface area contributed by atoms with E-state index >= 15 is 0 Å². The topological polar surface area (TPSA) is 436 Å². The van der Waals surface area contributed by atoms with Crippen molar-refractivity contribution in [3.05, 3.63) is 160 Å². The predicted molar refractivity (Wildman–Crippen MR) is 377 cm³/mol. The number of nitrogens with two attached hydrogens (primary N) is 1. The number of hydrogen-bond donors (Lipinski definition) is 4. The summed E-state index contributed by atoms with van der Waals surface area (Å²) in [5.74, 6) is 12.1. The van der Waals surface area contributed by atoms with Crippen LogP contribution in [0, 0.1) is 11.3 Å². The summed E-state index contributed by atoms with van der Waals surface area (Å²) < 4.78 is 34.5. The van der Waals surface area contributed by atoms with E-state index in [4.69, 9.17) is 34.8 Å². The second-order valence-corrected chi connectivity index (χ2v) is 22.5. The SMILES string of the molecule is COc1ccc(Cn2nnnc2Br)cc1.COc1ccc(Cn2nnnc2N(CCCC#N)N=C(C)C)cc1.COc1ccc(Cn2nnnc2N(CCCc2nn[nH]n2)N=C(C)C)cc1.COc1ccc(Cn2nnnc2NN)cc1.COc1ccc(Cn2nnnc2NN=C(C)C)cc1. The van der Waals surface area contributed by atoms with E-state index in [0.29, 0.717) is 99.4 Å². The molecule has 530 valence electrons. The van der Waals surface area contributed by atoms with Gasteiger partial charge < -0.3 is 23.7 Å². The maximum atomic E-state index is 8.72. The van der Waals surface area contributed by atoms with Crippen LogP contribution in [0.15, 0.2) is 141 Å². The molecule has 0 spiro atoms. The van der Waals surface area contributed by atoms with Crippen molar-refractivity contribution in [2.45, 2.75) is 99.9 Å². The lowest BCUT2D eigenvalue weighted by Crippen LogP contribution is -2.24. The van der Waals surface area contributed by atoms with Crippen molar-refractivity contribution in [2.75, 3.05) is 69.5 Å². The van der Waals surface area contributed by atoms with Crippen LogP contribution >= 0.6 is 15.9 Å². The van der Waals surface area contributed by atoms with E-state index in [1.165, 1.54) is 0 Å². The Morgan fingerprint density at radius 3 is 1.19 bits per heavy atom. The number of aryl methyl sites for hydroxylation is 1. The number of halogens is 1. The van der Waals surface area contributed by atoms with Crippen molar-refractivity contribution in [3.63, 3.8) is 0 Å². The fraction of sp³-hybridized carbons (Fsp3) is 0.355. The summed E-state index contributed by atoms with van der Waals surface area (Å²) >= 11 is 3.25. The van der Waals surface area contributed by atoms with E-state index in [-0.39, 0.29) is 0 Å². The number of hydrazine groups is 1. The molecule has 6 heterocycles. The van der Waals surface area contributed by atoms with Crippen molar-refractivity contribution < 1.29 is 23.7 Å². The Labute approximate surface area is 590 Å². The fourth-order valence-electron chi connectivity index (χ4n) is 8.61. The molecule has 0 radical (unpaired) electrons. The number of benzene rings is 5. The first-order valence-corrected chi connectivity index (χ1v) is 31.9. The molecule has 0 saturated carbocycles. The van der Waals surface area contributed by atoms with Crippen molar-refractivity contribution in [2.24, 2.45) is 21.1 Å². The Morgan fingerprint density at radius 1 is 0.475 bits per heavy atom. The van der Waals surface area contributed by atoms with E-state index in [1.54, 1.807) is 69.0 Å². The van der Waals surface area contributed by atoms with Crippen LogP contribution < -0.4 is 50.4 Å². The largest absolute Gasteiger partial charge is 0.497 e. The van der Waals surface area contributed by atoms with Gasteiger partial charge in [-0.3, -0.25) is 5.43 Å². The highest BCUT2D eigenvalue weighted by Crippen LogP contribution is 2.20. The highest BCUT2D eigenvalue weighted by atomic mass is 79.9. The minimum atomic E-state index is 0.427. The first kappa shape index (κ1) is 76.0. The lowest BCUT2D eigenvalue weighted by Gasteiger charge is -2.18. The zero-order chi connectivity index (χ0) is 72.1. The number of ether oxygens (including phenoxy) is 5. The van der Waals surface area contributed by atoms with Gasteiger partial charge >= 0.3 is 0 Å². The molecule has 39 heteroatoms. The van der Waals surface area contributed by atoms with Crippen LogP contribution in [-0.2, 0) is 39.1 Å². The number of hydrazone groups is 3. The van der Waals surface area contributed by atoms with Gasteiger partial charge in [-0.05, 0) is 211 Å². The van der Waals surface area contributed by atoms with Gasteiger partial charge in [0.25, 0.3) is 23.8 Å². The summed E-state index contributed by atoms with van der Waals surface area (Å²) in [4.78, 5) is 0. The number of hydrogen-bond acceptors (Lipinski definition) is 32.